The van der Waals surface area contributed by atoms with E-state index in [-0.39, 0.29) is 17.3 Å². The van der Waals surface area contributed by atoms with Crippen LogP contribution in [0.15, 0.2) is 36.8 Å². The topological polar surface area (TPSA) is 110 Å². The second-order valence-corrected chi connectivity index (χ2v) is 6.98. The van der Waals surface area contributed by atoms with Gasteiger partial charge in [0, 0.05) is 44.6 Å². The van der Waals surface area contributed by atoms with Gasteiger partial charge in [-0.15, -0.1) is 0 Å². The number of hydrogen-bond acceptors (Lipinski definition) is 6. The number of aromatic nitrogens is 5. The summed E-state index contributed by atoms with van der Waals surface area (Å²) in [5, 5.41) is 14.2. The molecule has 0 aromatic carbocycles. The number of amides is 2. The molecule has 1 aliphatic rings. The van der Waals surface area contributed by atoms with Gasteiger partial charge in [0.2, 0.25) is 0 Å². The molecule has 3 aromatic rings. The number of nitrogens with zero attached hydrogens (tertiary/aromatic N) is 6. The summed E-state index contributed by atoms with van der Waals surface area (Å²) in [6.45, 7) is 2.62. The van der Waals surface area contributed by atoms with E-state index in [1.54, 1.807) is 31.6 Å². The van der Waals surface area contributed by atoms with E-state index in [0.29, 0.717) is 31.0 Å². The Bertz CT molecular complexity index is 1050. The molecule has 0 aliphatic carbocycles. The smallest absolute Gasteiger partial charge is 0.274 e. The SMILES string of the molecule is CN1CCNC(=O)c2nn(C)cc2NC(=O)c2cccc(n2)-c2cnn(c2)CC1. The molecule has 4 rings (SSSR count). The normalized spacial score (nSPS) is 15.9. The standard InChI is InChI=1S/C19H22N8O2/c1-25-7-6-20-19(29)17-16(12-26(2)24-17)23-18(28)15-5-3-4-14(22-15)13-10-21-27(11-13)9-8-25/h3-5,10-12H,6-9H2,1-2H3,(H,20,29)(H,23,28). The predicted octanol–water partition coefficient (Wildman–Crippen LogP) is 0.606. The van der Waals surface area contributed by atoms with Crippen LogP contribution in [0.3, 0.4) is 0 Å². The fourth-order valence-electron chi connectivity index (χ4n) is 3.10. The average molecular weight is 394 g/mol. The highest BCUT2D eigenvalue weighted by atomic mass is 16.2. The molecule has 1 aliphatic heterocycles. The van der Waals surface area contributed by atoms with Crippen molar-refractivity contribution in [3.8, 4) is 11.3 Å². The Morgan fingerprint density at radius 3 is 2.69 bits per heavy atom. The largest absolute Gasteiger partial charge is 0.349 e. The van der Waals surface area contributed by atoms with E-state index in [2.05, 4.69) is 30.7 Å². The van der Waals surface area contributed by atoms with Crippen LogP contribution in [0.1, 0.15) is 21.0 Å². The van der Waals surface area contributed by atoms with E-state index in [0.717, 1.165) is 12.1 Å². The number of nitrogens with one attached hydrogen (secondary N) is 2. The summed E-state index contributed by atoms with van der Waals surface area (Å²) in [5.74, 6) is -0.748. The zero-order valence-electron chi connectivity index (χ0n) is 16.3. The van der Waals surface area contributed by atoms with Gasteiger partial charge in [0.1, 0.15) is 5.69 Å². The summed E-state index contributed by atoms with van der Waals surface area (Å²) in [6.07, 6.45) is 5.25. The Morgan fingerprint density at radius 1 is 1.00 bits per heavy atom. The van der Waals surface area contributed by atoms with Crippen LogP contribution in [0.5, 0.6) is 0 Å². The number of carbonyl (C=O) groups is 2. The van der Waals surface area contributed by atoms with Gasteiger partial charge >= 0.3 is 0 Å². The summed E-state index contributed by atoms with van der Waals surface area (Å²) < 4.78 is 3.34. The molecule has 3 aromatic heterocycles. The van der Waals surface area contributed by atoms with E-state index in [1.807, 2.05) is 24.0 Å². The average Bonchev–Trinajstić information content (AvgIpc) is 3.32. The van der Waals surface area contributed by atoms with Crippen LogP contribution in [0.2, 0.25) is 0 Å². The van der Waals surface area contributed by atoms with Crippen LogP contribution in [-0.4, -0.2) is 67.9 Å². The van der Waals surface area contributed by atoms with E-state index < -0.39 is 5.91 Å². The fraction of sp³-hybridized carbons (Fsp3) is 0.316. The summed E-state index contributed by atoms with van der Waals surface area (Å²) in [7, 11) is 3.69. The Labute approximate surface area is 167 Å². The molecule has 4 bridgehead atoms. The Kier molecular flexibility index (Phi) is 5.09. The Balaban J connectivity index is 1.69. The van der Waals surface area contributed by atoms with Crippen molar-refractivity contribution < 1.29 is 9.59 Å². The number of hydrogen-bond donors (Lipinski definition) is 2. The maximum Gasteiger partial charge on any atom is 0.274 e. The zero-order valence-corrected chi connectivity index (χ0v) is 16.3. The van der Waals surface area contributed by atoms with Crippen LogP contribution in [0.25, 0.3) is 11.3 Å². The van der Waals surface area contributed by atoms with Crippen molar-refractivity contribution in [2.45, 2.75) is 6.54 Å². The minimum atomic E-state index is -0.412. The van der Waals surface area contributed by atoms with E-state index in [9.17, 15) is 9.59 Å². The lowest BCUT2D eigenvalue weighted by atomic mass is 10.2. The van der Waals surface area contributed by atoms with Gasteiger partial charge < -0.3 is 15.5 Å². The molecule has 150 valence electrons. The van der Waals surface area contributed by atoms with E-state index >= 15 is 0 Å². The van der Waals surface area contributed by atoms with Gasteiger partial charge in [0.15, 0.2) is 5.69 Å². The first-order valence-corrected chi connectivity index (χ1v) is 9.31. The Morgan fingerprint density at radius 2 is 1.83 bits per heavy atom. The predicted molar refractivity (Wildman–Crippen MR) is 106 cm³/mol. The van der Waals surface area contributed by atoms with Gasteiger partial charge in [0.05, 0.1) is 24.1 Å². The van der Waals surface area contributed by atoms with E-state index in [1.165, 1.54) is 4.68 Å². The van der Waals surface area contributed by atoms with Gasteiger partial charge in [-0.1, -0.05) is 6.07 Å². The minimum absolute atomic E-state index is 0.170. The van der Waals surface area contributed by atoms with Crippen LogP contribution in [-0.2, 0) is 13.6 Å². The van der Waals surface area contributed by atoms with Crippen molar-refractivity contribution in [1.29, 1.82) is 0 Å². The first kappa shape index (κ1) is 18.8. The lowest BCUT2D eigenvalue weighted by Crippen LogP contribution is -2.35. The van der Waals surface area contributed by atoms with Crippen molar-refractivity contribution in [2.75, 3.05) is 32.0 Å². The van der Waals surface area contributed by atoms with E-state index in [4.69, 9.17) is 0 Å². The molecular weight excluding hydrogens is 372 g/mol. The number of likely N-dealkylation sites (N-methyl/N-ethyl adjacent to an activating group) is 1. The molecule has 0 radical (unpaired) electrons. The summed E-state index contributed by atoms with van der Waals surface area (Å²) in [5.41, 5.74) is 2.25. The summed E-state index contributed by atoms with van der Waals surface area (Å²) >= 11 is 0. The summed E-state index contributed by atoms with van der Waals surface area (Å²) in [6, 6.07) is 5.23. The number of anilines is 1. The maximum absolute atomic E-state index is 12.7. The zero-order chi connectivity index (χ0) is 20.4. The number of fused-ring (bicyclic) bond motifs is 6. The van der Waals surface area contributed by atoms with Gasteiger partial charge in [-0.3, -0.25) is 19.0 Å². The molecule has 10 heteroatoms. The lowest BCUT2D eigenvalue weighted by molar-refractivity contribution is 0.0945. The highest BCUT2D eigenvalue weighted by Gasteiger charge is 2.19. The van der Waals surface area contributed by atoms with Crippen molar-refractivity contribution >= 4 is 17.5 Å². The second-order valence-electron chi connectivity index (χ2n) is 6.98. The van der Waals surface area contributed by atoms with Crippen molar-refractivity contribution in [2.24, 2.45) is 7.05 Å². The molecule has 0 atom stereocenters. The first-order chi connectivity index (χ1) is 14.0. The van der Waals surface area contributed by atoms with Crippen LogP contribution in [0.4, 0.5) is 5.69 Å². The molecule has 0 unspecified atom stereocenters. The van der Waals surface area contributed by atoms with Crippen molar-refractivity contribution in [3.05, 3.63) is 48.2 Å². The van der Waals surface area contributed by atoms with Crippen LogP contribution in [0, 0.1) is 0 Å². The monoisotopic (exact) mass is 394 g/mol. The quantitative estimate of drug-likeness (QED) is 0.578. The number of rotatable bonds is 0. The maximum atomic E-state index is 12.7. The molecule has 10 nitrogen and oxygen atoms in total. The van der Waals surface area contributed by atoms with Gasteiger partial charge in [-0.25, -0.2) is 4.98 Å². The summed E-state index contributed by atoms with van der Waals surface area (Å²) in [4.78, 5) is 31.9. The van der Waals surface area contributed by atoms with Gasteiger partial charge in [0.25, 0.3) is 11.8 Å². The number of carbonyl (C=O) groups excluding carboxylic acids is 2. The molecule has 2 N–H and O–H groups in total. The minimum Gasteiger partial charge on any atom is -0.349 e. The molecule has 0 saturated carbocycles. The highest BCUT2D eigenvalue weighted by Crippen LogP contribution is 2.18. The third-order valence-corrected chi connectivity index (χ3v) is 4.69. The third kappa shape index (κ3) is 4.16. The number of pyridine rings is 1. The van der Waals surface area contributed by atoms with Gasteiger partial charge in [-0.05, 0) is 19.2 Å². The number of aryl methyl sites for hydroxylation is 1. The first-order valence-electron chi connectivity index (χ1n) is 9.31. The molecule has 2 amide bonds. The third-order valence-electron chi connectivity index (χ3n) is 4.69. The fourth-order valence-corrected chi connectivity index (χ4v) is 3.10. The highest BCUT2D eigenvalue weighted by molar-refractivity contribution is 6.07. The van der Waals surface area contributed by atoms with Crippen molar-refractivity contribution in [3.63, 3.8) is 0 Å². The molecule has 0 fully saturated rings. The Hall–Kier alpha value is -3.53. The molecule has 29 heavy (non-hydrogen) atoms. The van der Waals surface area contributed by atoms with Gasteiger partial charge in [-0.2, -0.15) is 10.2 Å². The molecule has 0 saturated heterocycles. The second kappa shape index (κ2) is 7.84. The molecule has 4 heterocycles. The van der Waals surface area contributed by atoms with Crippen LogP contribution < -0.4 is 10.6 Å². The lowest BCUT2D eigenvalue weighted by Gasteiger charge is -2.16. The molecule has 0 spiro atoms. The molecular formula is C19H22N8O2. The van der Waals surface area contributed by atoms with Crippen LogP contribution >= 0.6 is 0 Å². The van der Waals surface area contributed by atoms with Crippen molar-refractivity contribution in [1.82, 2.24) is 34.8 Å².